The van der Waals surface area contributed by atoms with E-state index in [4.69, 9.17) is 16.7 Å². The van der Waals surface area contributed by atoms with Crippen molar-refractivity contribution in [3.63, 3.8) is 0 Å². The van der Waals surface area contributed by atoms with Crippen molar-refractivity contribution in [2.75, 3.05) is 0 Å². The van der Waals surface area contributed by atoms with Crippen LogP contribution in [-0.2, 0) is 16.0 Å². The average Bonchev–Trinajstić information content (AvgIpc) is 2.37. The summed E-state index contributed by atoms with van der Waals surface area (Å²) in [6.07, 6.45) is 1.04. The van der Waals surface area contributed by atoms with Crippen LogP contribution in [0, 0.1) is 0 Å². The lowest BCUT2D eigenvalue weighted by molar-refractivity contribution is -0.147. The standard InChI is InChI=1S/C14H18ClNO3/c1-3-14(2,13(18)19)16-12(17)9-8-10-6-4-5-7-11(10)15/h4-7H,3,8-9H2,1-2H3,(H,16,17)(H,18,19). The zero-order chi connectivity index (χ0) is 14.5. The number of carbonyl (C=O) groups is 2. The quantitative estimate of drug-likeness (QED) is 0.843. The molecule has 0 bridgehead atoms. The van der Waals surface area contributed by atoms with Crippen molar-refractivity contribution in [3.8, 4) is 0 Å². The molecule has 1 aromatic rings. The van der Waals surface area contributed by atoms with Crippen LogP contribution >= 0.6 is 11.6 Å². The van der Waals surface area contributed by atoms with Gasteiger partial charge < -0.3 is 10.4 Å². The highest BCUT2D eigenvalue weighted by Gasteiger charge is 2.32. The van der Waals surface area contributed by atoms with E-state index in [-0.39, 0.29) is 12.3 Å². The van der Waals surface area contributed by atoms with Crippen LogP contribution in [0.4, 0.5) is 0 Å². The average molecular weight is 284 g/mol. The summed E-state index contributed by atoms with van der Waals surface area (Å²) >= 11 is 5.99. The molecule has 0 saturated carbocycles. The summed E-state index contributed by atoms with van der Waals surface area (Å²) in [6, 6.07) is 7.30. The van der Waals surface area contributed by atoms with Gasteiger partial charge in [-0.15, -0.1) is 0 Å². The number of carboxylic acids is 1. The van der Waals surface area contributed by atoms with E-state index in [1.807, 2.05) is 18.2 Å². The molecule has 4 nitrogen and oxygen atoms in total. The molecular weight excluding hydrogens is 266 g/mol. The molecule has 1 rings (SSSR count). The van der Waals surface area contributed by atoms with Gasteiger partial charge in [0.05, 0.1) is 0 Å². The number of hydrogen-bond acceptors (Lipinski definition) is 2. The minimum atomic E-state index is -1.21. The fourth-order valence-corrected chi connectivity index (χ4v) is 1.84. The third kappa shape index (κ3) is 4.24. The van der Waals surface area contributed by atoms with Crippen molar-refractivity contribution >= 4 is 23.5 Å². The second-order valence-corrected chi connectivity index (χ2v) is 5.04. The van der Waals surface area contributed by atoms with Crippen LogP contribution in [-0.4, -0.2) is 22.5 Å². The molecule has 104 valence electrons. The summed E-state index contributed by atoms with van der Waals surface area (Å²) in [4.78, 5) is 22.9. The molecule has 0 aliphatic carbocycles. The number of halogens is 1. The van der Waals surface area contributed by atoms with Gasteiger partial charge in [-0.2, -0.15) is 0 Å². The molecular formula is C14H18ClNO3. The lowest BCUT2D eigenvalue weighted by atomic mass is 9.98. The van der Waals surface area contributed by atoms with Crippen molar-refractivity contribution < 1.29 is 14.7 Å². The smallest absolute Gasteiger partial charge is 0.329 e. The van der Waals surface area contributed by atoms with E-state index >= 15 is 0 Å². The number of benzene rings is 1. The van der Waals surface area contributed by atoms with Crippen molar-refractivity contribution in [1.82, 2.24) is 5.32 Å². The summed E-state index contributed by atoms with van der Waals surface area (Å²) in [5.41, 5.74) is -0.328. The fraction of sp³-hybridized carbons (Fsp3) is 0.429. The Hall–Kier alpha value is -1.55. The molecule has 0 aliphatic heterocycles. The summed E-state index contributed by atoms with van der Waals surface area (Å²) in [6.45, 7) is 3.23. The first-order valence-electron chi connectivity index (χ1n) is 6.17. The first kappa shape index (κ1) is 15.5. The lowest BCUT2D eigenvalue weighted by Crippen LogP contribution is -2.51. The lowest BCUT2D eigenvalue weighted by Gasteiger charge is -2.24. The Bertz CT molecular complexity index is 476. The van der Waals surface area contributed by atoms with E-state index in [1.54, 1.807) is 13.0 Å². The molecule has 0 spiro atoms. The SMILES string of the molecule is CCC(C)(NC(=O)CCc1ccccc1Cl)C(=O)O. The Morgan fingerprint density at radius 1 is 1.37 bits per heavy atom. The minimum Gasteiger partial charge on any atom is -0.480 e. The van der Waals surface area contributed by atoms with Crippen LogP contribution < -0.4 is 5.32 Å². The number of rotatable bonds is 6. The van der Waals surface area contributed by atoms with Gasteiger partial charge in [-0.1, -0.05) is 36.7 Å². The molecule has 0 radical (unpaired) electrons. The fourth-order valence-electron chi connectivity index (χ4n) is 1.61. The summed E-state index contributed by atoms with van der Waals surface area (Å²) in [5.74, 6) is -1.31. The molecule has 1 aromatic carbocycles. The maximum atomic E-state index is 11.8. The number of carboxylic acid groups (broad SMARTS) is 1. The van der Waals surface area contributed by atoms with Crippen LogP contribution in [0.5, 0.6) is 0 Å². The van der Waals surface area contributed by atoms with Gasteiger partial charge in [-0.05, 0) is 31.4 Å². The number of aliphatic carboxylic acids is 1. The van der Waals surface area contributed by atoms with Crippen LogP contribution in [0.3, 0.4) is 0 Å². The highest BCUT2D eigenvalue weighted by molar-refractivity contribution is 6.31. The van der Waals surface area contributed by atoms with E-state index in [0.717, 1.165) is 5.56 Å². The Balaban J connectivity index is 2.57. The molecule has 0 aliphatic rings. The van der Waals surface area contributed by atoms with Crippen molar-refractivity contribution in [2.45, 2.75) is 38.6 Å². The van der Waals surface area contributed by atoms with Gasteiger partial charge >= 0.3 is 5.97 Å². The van der Waals surface area contributed by atoms with Gasteiger partial charge in [-0.3, -0.25) is 4.79 Å². The molecule has 1 atom stereocenters. The van der Waals surface area contributed by atoms with Gasteiger partial charge in [0.2, 0.25) is 5.91 Å². The van der Waals surface area contributed by atoms with Crippen LogP contribution in [0.15, 0.2) is 24.3 Å². The third-order valence-corrected chi connectivity index (χ3v) is 3.54. The molecule has 2 N–H and O–H groups in total. The first-order chi connectivity index (χ1) is 8.89. The summed E-state index contributed by atoms with van der Waals surface area (Å²) in [7, 11) is 0. The van der Waals surface area contributed by atoms with E-state index in [1.165, 1.54) is 6.92 Å². The Kier molecular flexibility index (Phi) is 5.36. The number of carbonyl (C=O) groups excluding carboxylic acids is 1. The maximum absolute atomic E-state index is 11.8. The molecule has 0 heterocycles. The normalized spacial score (nSPS) is 13.6. The van der Waals surface area contributed by atoms with E-state index < -0.39 is 11.5 Å². The first-order valence-corrected chi connectivity index (χ1v) is 6.54. The van der Waals surface area contributed by atoms with Crippen LogP contribution in [0.25, 0.3) is 0 Å². The summed E-state index contributed by atoms with van der Waals surface area (Å²) < 4.78 is 0. The Morgan fingerprint density at radius 2 is 2.00 bits per heavy atom. The molecule has 1 unspecified atom stereocenters. The predicted molar refractivity (Wildman–Crippen MR) is 74.2 cm³/mol. The second kappa shape index (κ2) is 6.57. The van der Waals surface area contributed by atoms with Crippen molar-refractivity contribution in [3.05, 3.63) is 34.9 Å². The number of nitrogens with one attached hydrogen (secondary N) is 1. The highest BCUT2D eigenvalue weighted by Crippen LogP contribution is 2.17. The molecule has 5 heteroatoms. The number of hydrogen-bond donors (Lipinski definition) is 2. The van der Waals surface area contributed by atoms with E-state index in [2.05, 4.69) is 5.32 Å². The summed E-state index contributed by atoms with van der Waals surface area (Å²) in [5, 5.41) is 12.2. The minimum absolute atomic E-state index is 0.215. The Labute approximate surface area is 117 Å². The topological polar surface area (TPSA) is 66.4 Å². The molecule has 0 saturated heterocycles. The Morgan fingerprint density at radius 3 is 2.53 bits per heavy atom. The van der Waals surface area contributed by atoms with E-state index in [9.17, 15) is 9.59 Å². The second-order valence-electron chi connectivity index (χ2n) is 4.63. The molecule has 0 aromatic heterocycles. The van der Waals surface area contributed by atoms with Gasteiger partial charge in [0.15, 0.2) is 0 Å². The van der Waals surface area contributed by atoms with E-state index in [0.29, 0.717) is 17.9 Å². The molecule has 19 heavy (non-hydrogen) atoms. The van der Waals surface area contributed by atoms with Gasteiger partial charge in [0.25, 0.3) is 0 Å². The highest BCUT2D eigenvalue weighted by atomic mass is 35.5. The van der Waals surface area contributed by atoms with Crippen molar-refractivity contribution in [2.24, 2.45) is 0 Å². The van der Waals surface area contributed by atoms with Gasteiger partial charge in [0.1, 0.15) is 5.54 Å². The molecule has 1 amide bonds. The molecule has 0 fully saturated rings. The maximum Gasteiger partial charge on any atom is 0.329 e. The number of amides is 1. The van der Waals surface area contributed by atoms with Crippen molar-refractivity contribution in [1.29, 1.82) is 0 Å². The number of aryl methyl sites for hydroxylation is 1. The zero-order valence-electron chi connectivity index (χ0n) is 11.1. The zero-order valence-corrected chi connectivity index (χ0v) is 11.8. The van der Waals surface area contributed by atoms with Crippen LogP contribution in [0.1, 0.15) is 32.3 Å². The third-order valence-electron chi connectivity index (χ3n) is 3.17. The monoisotopic (exact) mass is 283 g/mol. The predicted octanol–water partition coefficient (Wildman–Crippen LogP) is 2.64. The van der Waals surface area contributed by atoms with Crippen LogP contribution in [0.2, 0.25) is 5.02 Å². The van der Waals surface area contributed by atoms with Gasteiger partial charge in [0, 0.05) is 11.4 Å². The van der Waals surface area contributed by atoms with Gasteiger partial charge in [-0.25, -0.2) is 4.79 Å². The largest absolute Gasteiger partial charge is 0.480 e.